The second-order valence-electron chi connectivity index (χ2n) is 8.27. The van der Waals surface area contributed by atoms with Gasteiger partial charge in [0.05, 0.1) is 17.6 Å². The fourth-order valence-corrected chi connectivity index (χ4v) is 4.56. The molecule has 1 saturated heterocycles. The van der Waals surface area contributed by atoms with Crippen LogP contribution in [0, 0.1) is 6.92 Å². The molecule has 0 unspecified atom stereocenters. The average molecular weight is 420 g/mol. The molecule has 1 aliphatic heterocycles. The van der Waals surface area contributed by atoms with E-state index in [1.165, 1.54) is 11.2 Å². The van der Waals surface area contributed by atoms with Crippen LogP contribution in [0.4, 0.5) is 5.82 Å². The molecular formula is C24H29N5O2. The van der Waals surface area contributed by atoms with E-state index in [9.17, 15) is 0 Å². The highest BCUT2D eigenvalue weighted by Gasteiger charge is 2.24. The van der Waals surface area contributed by atoms with Crippen molar-refractivity contribution in [2.75, 3.05) is 31.7 Å². The first-order valence-electron chi connectivity index (χ1n) is 10.9. The van der Waals surface area contributed by atoms with E-state index in [1.807, 2.05) is 0 Å². The average Bonchev–Trinajstić information content (AvgIpc) is 3.34. The molecule has 0 N–H and O–H groups in total. The van der Waals surface area contributed by atoms with Crippen molar-refractivity contribution in [2.24, 2.45) is 7.05 Å². The molecule has 7 heteroatoms. The van der Waals surface area contributed by atoms with Gasteiger partial charge in [-0.1, -0.05) is 6.07 Å². The highest BCUT2D eigenvalue weighted by atomic mass is 16.5. The van der Waals surface area contributed by atoms with Crippen molar-refractivity contribution in [3.8, 4) is 5.75 Å². The zero-order valence-electron chi connectivity index (χ0n) is 18.4. The number of benzene rings is 1. The quantitative estimate of drug-likeness (QED) is 0.474. The maximum atomic E-state index is 6.48. The van der Waals surface area contributed by atoms with Gasteiger partial charge in [0.15, 0.2) is 5.82 Å². The van der Waals surface area contributed by atoms with Gasteiger partial charge in [0.25, 0.3) is 0 Å². The Kier molecular flexibility index (Phi) is 5.28. The van der Waals surface area contributed by atoms with Crippen molar-refractivity contribution < 1.29 is 9.47 Å². The molecule has 0 bridgehead atoms. The molecule has 0 aliphatic carbocycles. The third kappa shape index (κ3) is 3.63. The first kappa shape index (κ1) is 19.9. The van der Waals surface area contributed by atoms with Crippen LogP contribution >= 0.6 is 0 Å². The summed E-state index contributed by atoms with van der Waals surface area (Å²) in [7, 11) is 3.82. The fraction of sp³-hybridized carbons (Fsp3) is 0.417. The van der Waals surface area contributed by atoms with Crippen molar-refractivity contribution in [3.05, 3.63) is 48.5 Å². The zero-order valence-corrected chi connectivity index (χ0v) is 18.4. The van der Waals surface area contributed by atoms with Crippen molar-refractivity contribution in [1.82, 2.24) is 19.1 Å². The van der Waals surface area contributed by atoms with Crippen LogP contribution in [0.15, 0.2) is 42.9 Å². The van der Waals surface area contributed by atoms with Crippen LogP contribution in [-0.4, -0.2) is 52.0 Å². The highest BCUT2D eigenvalue weighted by Crippen LogP contribution is 2.31. The lowest BCUT2D eigenvalue weighted by Crippen LogP contribution is -2.39. The Balaban J connectivity index is 1.30. The van der Waals surface area contributed by atoms with Gasteiger partial charge in [0.2, 0.25) is 0 Å². The number of methoxy groups -OCH3 is 1. The monoisotopic (exact) mass is 419 g/mol. The number of rotatable bonds is 6. The number of hydrogen-bond donors (Lipinski definition) is 0. The molecule has 0 spiro atoms. The Bertz CT molecular complexity index is 1200. The summed E-state index contributed by atoms with van der Waals surface area (Å²) >= 11 is 0. The molecule has 162 valence electrons. The number of piperidine rings is 1. The smallest absolute Gasteiger partial charge is 0.156 e. The lowest BCUT2D eigenvalue weighted by molar-refractivity contribution is 0.173. The van der Waals surface area contributed by atoms with E-state index >= 15 is 0 Å². The summed E-state index contributed by atoms with van der Waals surface area (Å²) < 4.78 is 16.1. The molecule has 0 radical (unpaired) electrons. The number of hydrogen-bond acceptors (Lipinski definition) is 5. The molecule has 1 fully saturated rings. The van der Waals surface area contributed by atoms with Gasteiger partial charge >= 0.3 is 0 Å². The maximum Gasteiger partial charge on any atom is 0.156 e. The van der Waals surface area contributed by atoms with E-state index in [0.29, 0.717) is 6.61 Å². The second-order valence-corrected chi connectivity index (χ2v) is 8.27. The third-order valence-corrected chi connectivity index (χ3v) is 6.39. The fourth-order valence-electron chi connectivity index (χ4n) is 4.56. The molecule has 4 heterocycles. The van der Waals surface area contributed by atoms with Gasteiger partial charge in [-0.2, -0.15) is 0 Å². The van der Waals surface area contributed by atoms with Crippen molar-refractivity contribution >= 4 is 27.8 Å². The number of aryl methyl sites for hydroxylation is 2. The van der Waals surface area contributed by atoms with Crippen LogP contribution in [0.2, 0.25) is 0 Å². The van der Waals surface area contributed by atoms with Gasteiger partial charge in [-0.25, -0.2) is 9.97 Å². The van der Waals surface area contributed by atoms with Gasteiger partial charge < -0.3 is 23.5 Å². The molecule has 0 saturated carbocycles. The summed E-state index contributed by atoms with van der Waals surface area (Å²) in [5.41, 5.74) is 4.50. The number of fused-ring (bicyclic) bond motifs is 2. The standard InChI is InChI=1S/C24H29N5O2/c1-17-15-20-23(27(17)2)24(26-16-25-20)29-10-7-18(8-11-29)31-22-6-4-5-21-19(22)9-12-28(21)13-14-30-3/h4-6,9,12,15-16,18H,7-8,10-11,13-14H2,1-3H3. The third-order valence-electron chi connectivity index (χ3n) is 6.39. The molecule has 7 nitrogen and oxygen atoms in total. The molecule has 4 aromatic rings. The lowest BCUT2D eigenvalue weighted by atomic mass is 10.1. The summed E-state index contributed by atoms with van der Waals surface area (Å²) in [5, 5.41) is 1.16. The topological polar surface area (TPSA) is 57.3 Å². The molecular weight excluding hydrogens is 390 g/mol. The van der Waals surface area contributed by atoms with E-state index in [-0.39, 0.29) is 6.10 Å². The Morgan fingerprint density at radius 2 is 1.97 bits per heavy atom. The summed E-state index contributed by atoms with van der Waals surface area (Å²) in [6.07, 6.45) is 5.93. The Labute approximate surface area is 182 Å². The summed E-state index contributed by atoms with van der Waals surface area (Å²) in [5.74, 6) is 1.99. The number of aromatic nitrogens is 4. The minimum Gasteiger partial charge on any atom is -0.490 e. The summed E-state index contributed by atoms with van der Waals surface area (Å²) in [4.78, 5) is 11.4. The van der Waals surface area contributed by atoms with Crippen LogP contribution in [0.25, 0.3) is 21.9 Å². The van der Waals surface area contributed by atoms with Crippen molar-refractivity contribution in [1.29, 1.82) is 0 Å². The Hall–Kier alpha value is -3.06. The first-order valence-corrected chi connectivity index (χ1v) is 10.9. The SMILES string of the molecule is COCCn1ccc2c(OC3CCN(c4ncnc5cc(C)n(C)c45)CC3)cccc21. The van der Waals surface area contributed by atoms with Gasteiger partial charge in [-0.05, 0) is 31.2 Å². The molecule has 31 heavy (non-hydrogen) atoms. The van der Waals surface area contributed by atoms with E-state index in [4.69, 9.17) is 9.47 Å². The molecule has 5 rings (SSSR count). The summed E-state index contributed by atoms with van der Waals surface area (Å²) in [6, 6.07) is 10.6. The van der Waals surface area contributed by atoms with Crippen molar-refractivity contribution in [3.63, 3.8) is 0 Å². The van der Waals surface area contributed by atoms with Crippen LogP contribution in [-0.2, 0) is 18.3 Å². The minimum atomic E-state index is 0.205. The molecule has 3 aromatic heterocycles. The number of nitrogens with zero attached hydrogens (tertiary/aromatic N) is 5. The molecule has 1 aromatic carbocycles. The zero-order chi connectivity index (χ0) is 21.4. The van der Waals surface area contributed by atoms with Crippen LogP contribution in [0.1, 0.15) is 18.5 Å². The van der Waals surface area contributed by atoms with E-state index in [1.54, 1.807) is 13.4 Å². The minimum absolute atomic E-state index is 0.205. The van der Waals surface area contributed by atoms with E-state index in [0.717, 1.165) is 60.5 Å². The first-order chi connectivity index (χ1) is 15.2. The van der Waals surface area contributed by atoms with Gasteiger partial charge in [0.1, 0.15) is 23.7 Å². The van der Waals surface area contributed by atoms with E-state index in [2.05, 4.69) is 74.5 Å². The largest absolute Gasteiger partial charge is 0.490 e. The predicted molar refractivity (Wildman–Crippen MR) is 123 cm³/mol. The lowest BCUT2D eigenvalue weighted by Gasteiger charge is -2.33. The van der Waals surface area contributed by atoms with Gasteiger partial charge in [0, 0.05) is 63.9 Å². The van der Waals surface area contributed by atoms with Gasteiger partial charge in [-0.15, -0.1) is 0 Å². The van der Waals surface area contributed by atoms with Crippen LogP contribution < -0.4 is 9.64 Å². The highest BCUT2D eigenvalue weighted by molar-refractivity contribution is 5.88. The summed E-state index contributed by atoms with van der Waals surface area (Å²) in [6.45, 7) is 5.49. The molecule has 1 aliphatic rings. The maximum absolute atomic E-state index is 6.48. The molecule has 0 amide bonds. The van der Waals surface area contributed by atoms with Crippen molar-refractivity contribution in [2.45, 2.75) is 32.4 Å². The molecule has 0 atom stereocenters. The van der Waals surface area contributed by atoms with Gasteiger partial charge in [-0.3, -0.25) is 0 Å². The van der Waals surface area contributed by atoms with E-state index < -0.39 is 0 Å². The number of ether oxygens (including phenoxy) is 2. The normalized spacial score (nSPS) is 15.3. The Morgan fingerprint density at radius 1 is 1.13 bits per heavy atom. The predicted octanol–water partition coefficient (Wildman–Crippen LogP) is 3.93. The Morgan fingerprint density at radius 3 is 2.77 bits per heavy atom. The number of anilines is 1. The van der Waals surface area contributed by atoms with Crippen LogP contribution in [0.5, 0.6) is 5.75 Å². The van der Waals surface area contributed by atoms with Crippen LogP contribution in [0.3, 0.4) is 0 Å². The second kappa shape index (κ2) is 8.23.